The summed E-state index contributed by atoms with van der Waals surface area (Å²) >= 11 is 0. The zero-order valence-electron chi connectivity index (χ0n) is 11.9. The lowest BCUT2D eigenvalue weighted by Crippen LogP contribution is -2.26. The average Bonchev–Trinajstić information content (AvgIpc) is 2.85. The highest BCUT2D eigenvalue weighted by atomic mass is 16.1. The van der Waals surface area contributed by atoms with E-state index in [0.29, 0.717) is 6.42 Å². The molecule has 0 saturated heterocycles. The van der Waals surface area contributed by atoms with Crippen LogP contribution in [0.25, 0.3) is 21.8 Å². The van der Waals surface area contributed by atoms with Crippen LogP contribution < -0.4 is 5.32 Å². The second-order valence-electron chi connectivity index (χ2n) is 5.07. The van der Waals surface area contributed by atoms with Crippen molar-refractivity contribution in [3.63, 3.8) is 0 Å². The van der Waals surface area contributed by atoms with Crippen molar-refractivity contribution in [2.24, 2.45) is 0 Å². The van der Waals surface area contributed by atoms with Gasteiger partial charge in [0.15, 0.2) is 0 Å². The van der Waals surface area contributed by atoms with Crippen molar-refractivity contribution < 1.29 is 4.79 Å². The molecule has 0 fully saturated rings. The molecule has 4 nitrogen and oxygen atoms in total. The maximum Gasteiger partial charge on any atom is 0.217 e. The highest BCUT2D eigenvalue weighted by molar-refractivity contribution is 6.07. The van der Waals surface area contributed by atoms with E-state index in [9.17, 15) is 4.79 Å². The van der Waals surface area contributed by atoms with Crippen LogP contribution in [-0.4, -0.2) is 15.9 Å². The molecule has 21 heavy (non-hydrogen) atoms. The van der Waals surface area contributed by atoms with E-state index in [1.54, 1.807) is 12.3 Å². The summed E-state index contributed by atoms with van der Waals surface area (Å²) in [6, 6.07) is 9.97. The number of fused-ring (bicyclic) bond motifs is 3. The summed E-state index contributed by atoms with van der Waals surface area (Å²) in [5.41, 5.74) is 2.89. The summed E-state index contributed by atoms with van der Waals surface area (Å²) in [7, 11) is 0. The molecule has 0 radical (unpaired) electrons. The number of aromatic amines is 1. The van der Waals surface area contributed by atoms with E-state index in [1.807, 2.05) is 24.3 Å². The van der Waals surface area contributed by atoms with Crippen molar-refractivity contribution in [2.45, 2.75) is 19.4 Å². The molecule has 0 saturated carbocycles. The van der Waals surface area contributed by atoms with Gasteiger partial charge in [0.25, 0.3) is 0 Å². The lowest BCUT2D eigenvalue weighted by molar-refractivity contribution is -0.119. The van der Waals surface area contributed by atoms with Gasteiger partial charge in [-0.3, -0.25) is 9.78 Å². The van der Waals surface area contributed by atoms with Gasteiger partial charge < -0.3 is 10.3 Å². The van der Waals surface area contributed by atoms with Crippen molar-refractivity contribution in [3.8, 4) is 0 Å². The zero-order chi connectivity index (χ0) is 14.8. The molecule has 2 heterocycles. The number of rotatable bonds is 4. The number of pyridine rings is 1. The molecule has 1 atom stereocenters. The molecule has 2 aromatic heterocycles. The van der Waals surface area contributed by atoms with Crippen LogP contribution >= 0.6 is 0 Å². The lowest BCUT2D eigenvalue weighted by Gasteiger charge is -2.16. The number of nitrogens with one attached hydrogen (secondary N) is 2. The van der Waals surface area contributed by atoms with Gasteiger partial charge in [0.05, 0.1) is 17.3 Å². The monoisotopic (exact) mass is 279 g/mol. The number of benzene rings is 1. The van der Waals surface area contributed by atoms with Gasteiger partial charge in [-0.15, -0.1) is 6.58 Å². The summed E-state index contributed by atoms with van der Waals surface area (Å²) in [6.07, 6.45) is 4.22. The molecule has 2 N–H and O–H groups in total. The van der Waals surface area contributed by atoms with E-state index < -0.39 is 0 Å². The minimum atomic E-state index is -0.170. The molecular formula is C17H17N3O. The van der Waals surface area contributed by atoms with E-state index >= 15 is 0 Å². The standard InChI is InChI=1S/C17H17N3O/c1-3-6-15(19-11(2)21)17-16-13(9-10-18-17)12-7-4-5-8-14(12)20-16/h3-5,7-10,15,20H,1,6H2,2H3,(H,19,21)/t15-/m1/s1. The average molecular weight is 279 g/mol. The molecule has 0 bridgehead atoms. The Morgan fingerprint density at radius 2 is 2.19 bits per heavy atom. The summed E-state index contributed by atoms with van der Waals surface area (Å²) in [5.74, 6) is -0.0724. The van der Waals surface area contributed by atoms with Crippen LogP contribution in [-0.2, 0) is 4.79 Å². The second-order valence-corrected chi connectivity index (χ2v) is 5.07. The molecule has 0 aliphatic rings. The van der Waals surface area contributed by atoms with Gasteiger partial charge in [-0.25, -0.2) is 0 Å². The second kappa shape index (κ2) is 5.40. The Kier molecular flexibility index (Phi) is 3.44. The first-order chi connectivity index (χ1) is 10.2. The van der Waals surface area contributed by atoms with E-state index in [1.165, 1.54) is 6.92 Å². The van der Waals surface area contributed by atoms with Crippen molar-refractivity contribution >= 4 is 27.7 Å². The Labute approximate surface area is 122 Å². The number of amides is 1. The smallest absolute Gasteiger partial charge is 0.217 e. The number of carbonyl (C=O) groups excluding carboxylic acids is 1. The first-order valence-corrected chi connectivity index (χ1v) is 6.94. The number of carbonyl (C=O) groups is 1. The quantitative estimate of drug-likeness (QED) is 0.718. The number of hydrogen-bond donors (Lipinski definition) is 2. The van der Waals surface area contributed by atoms with Gasteiger partial charge in [-0.2, -0.15) is 0 Å². The Balaban J connectivity index is 2.21. The maximum atomic E-state index is 11.4. The zero-order valence-corrected chi connectivity index (χ0v) is 11.9. The summed E-state index contributed by atoms with van der Waals surface area (Å²) in [4.78, 5) is 19.3. The van der Waals surface area contributed by atoms with Crippen LogP contribution in [0.5, 0.6) is 0 Å². The summed E-state index contributed by atoms with van der Waals surface area (Å²) in [5, 5.41) is 5.22. The van der Waals surface area contributed by atoms with Gasteiger partial charge in [0.2, 0.25) is 5.91 Å². The predicted molar refractivity (Wildman–Crippen MR) is 85.0 cm³/mol. The maximum absolute atomic E-state index is 11.4. The molecule has 1 amide bonds. The van der Waals surface area contributed by atoms with Crippen LogP contribution in [0.3, 0.4) is 0 Å². The molecule has 1 aromatic carbocycles. The highest BCUT2D eigenvalue weighted by Crippen LogP contribution is 2.30. The van der Waals surface area contributed by atoms with Gasteiger partial charge in [0, 0.05) is 29.4 Å². The van der Waals surface area contributed by atoms with Crippen molar-refractivity contribution in [1.29, 1.82) is 0 Å². The van der Waals surface area contributed by atoms with Crippen molar-refractivity contribution in [2.75, 3.05) is 0 Å². The number of aromatic nitrogens is 2. The van der Waals surface area contributed by atoms with Gasteiger partial charge in [0.1, 0.15) is 0 Å². The molecular weight excluding hydrogens is 262 g/mol. The van der Waals surface area contributed by atoms with Crippen LogP contribution in [0.2, 0.25) is 0 Å². The first-order valence-electron chi connectivity index (χ1n) is 6.94. The molecule has 0 spiro atoms. The largest absolute Gasteiger partial charge is 0.353 e. The number of hydrogen-bond acceptors (Lipinski definition) is 2. The number of H-pyrrole nitrogens is 1. The third-order valence-electron chi connectivity index (χ3n) is 3.57. The van der Waals surface area contributed by atoms with Crippen molar-refractivity contribution in [1.82, 2.24) is 15.3 Å². The normalized spacial score (nSPS) is 12.4. The predicted octanol–water partition coefficient (Wildman–Crippen LogP) is 3.47. The van der Waals surface area contributed by atoms with E-state index in [0.717, 1.165) is 27.5 Å². The Morgan fingerprint density at radius 3 is 2.95 bits per heavy atom. The topological polar surface area (TPSA) is 57.8 Å². The molecule has 106 valence electrons. The minimum Gasteiger partial charge on any atom is -0.353 e. The van der Waals surface area contributed by atoms with Crippen LogP contribution in [0.1, 0.15) is 25.1 Å². The van der Waals surface area contributed by atoms with Crippen molar-refractivity contribution in [3.05, 3.63) is 54.9 Å². The SMILES string of the molecule is C=CC[C@@H](NC(C)=O)c1nccc2c1[nH]c1ccccc12. The van der Waals surface area contributed by atoms with Gasteiger partial charge in [-0.1, -0.05) is 24.3 Å². The number of para-hydroxylation sites is 1. The molecule has 4 heteroatoms. The summed E-state index contributed by atoms with van der Waals surface area (Å²) in [6.45, 7) is 5.28. The molecule has 0 aliphatic heterocycles. The Bertz CT molecular complexity index is 819. The molecule has 3 rings (SSSR count). The van der Waals surface area contributed by atoms with Crippen LogP contribution in [0.15, 0.2) is 49.2 Å². The first kappa shape index (κ1) is 13.4. The fourth-order valence-corrected chi connectivity index (χ4v) is 2.71. The Morgan fingerprint density at radius 1 is 1.38 bits per heavy atom. The van der Waals surface area contributed by atoms with E-state index in [-0.39, 0.29) is 11.9 Å². The highest BCUT2D eigenvalue weighted by Gasteiger charge is 2.17. The van der Waals surface area contributed by atoms with Crippen LogP contribution in [0.4, 0.5) is 0 Å². The third kappa shape index (κ3) is 2.40. The fraction of sp³-hybridized carbons (Fsp3) is 0.176. The van der Waals surface area contributed by atoms with Gasteiger partial charge in [-0.05, 0) is 18.6 Å². The van der Waals surface area contributed by atoms with Gasteiger partial charge >= 0.3 is 0 Å². The van der Waals surface area contributed by atoms with E-state index in [4.69, 9.17) is 0 Å². The Hall–Kier alpha value is -2.62. The van der Waals surface area contributed by atoms with E-state index in [2.05, 4.69) is 27.9 Å². The number of nitrogens with zero attached hydrogens (tertiary/aromatic N) is 1. The lowest BCUT2D eigenvalue weighted by atomic mass is 10.1. The minimum absolute atomic E-state index is 0.0724. The third-order valence-corrected chi connectivity index (χ3v) is 3.57. The van der Waals surface area contributed by atoms with Crippen LogP contribution in [0, 0.1) is 0 Å². The molecule has 0 unspecified atom stereocenters. The summed E-state index contributed by atoms with van der Waals surface area (Å²) < 4.78 is 0. The molecule has 0 aliphatic carbocycles. The molecule has 3 aromatic rings. The fourth-order valence-electron chi connectivity index (χ4n) is 2.71.